The Balaban J connectivity index is 2.14. The molecule has 0 radical (unpaired) electrons. The summed E-state index contributed by atoms with van der Waals surface area (Å²) in [5, 5.41) is 14.5. The van der Waals surface area contributed by atoms with Gasteiger partial charge in [0.15, 0.2) is 17.5 Å². The van der Waals surface area contributed by atoms with Gasteiger partial charge in [0.2, 0.25) is 0 Å². The first-order valence-corrected chi connectivity index (χ1v) is 5.57. The summed E-state index contributed by atoms with van der Waals surface area (Å²) in [6.45, 7) is -0.407. The lowest BCUT2D eigenvalue weighted by molar-refractivity contribution is -0.137. The average molecular weight is 299 g/mol. The molecule has 2 aromatic rings. The van der Waals surface area contributed by atoms with E-state index >= 15 is 0 Å². The highest BCUT2D eigenvalue weighted by atomic mass is 19.2. The Kier molecular flexibility index (Phi) is 3.92. The molecule has 1 heterocycles. The monoisotopic (exact) mass is 299 g/mol. The molecule has 110 valence electrons. The maximum Gasteiger partial charge on any atom is 0.325 e. The number of amides is 1. The molecule has 1 aromatic heterocycles. The highest BCUT2D eigenvalue weighted by Gasteiger charge is 2.15. The molecule has 0 aliphatic carbocycles. The van der Waals surface area contributed by atoms with Gasteiger partial charge in [-0.25, -0.2) is 13.2 Å². The predicted octanol–water partition coefficient (Wildman–Crippen LogP) is 1.64. The van der Waals surface area contributed by atoms with Gasteiger partial charge < -0.3 is 10.4 Å². The fourth-order valence-corrected chi connectivity index (χ4v) is 1.54. The standard InChI is InChI=1S/C12H8F3N3O3/c13-8-1-6(2-9(14)11(8)15)12(21)17-7-3-16-18(4-7)5-10(19)20/h1-4H,5H2,(H,17,21)(H,19,20). The average Bonchev–Trinajstić information content (AvgIpc) is 2.81. The molecular formula is C12H8F3N3O3. The number of nitrogens with one attached hydrogen (secondary N) is 1. The van der Waals surface area contributed by atoms with E-state index in [1.807, 2.05) is 0 Å². The molecule has 0 fully saturated rings. The second-order valence-corrected chi connectivity index (χ2v) is 4.03. The smallest absolute Gasteiger partial charge is 0.325 e. The lowest BCUT2D eigenvalue weighted by Crippen LogP contribution is -2.13. The minimum Gasteiger partial charge on any atom is -0.480 e. The van der Waals surface area contributed by atoms with Gasteiger partial charge in [0.25, 0.3) is 5.91 Å². The third-order valence-corrected chi connectivity index (χ3v) is 2.43. The Bertz CT molecular complexity index is 692. The van der Waals surface area contributed by atoms with Crippen molar-refractivity contribution in [1.29, 1.82) is 0 Å². The molecule has 2 rings (SSSR count). The number of carbonyl (C=O) groups is 2. The zero-order valence-corrected chi connectivity index (χ0v) is 10.3. The number of aromatic nitrogens is 2. The third-order valence-electron chi connectivity index (χ3n) is 2.43. The number of halogens is 3. The van der Waals surface area contributed by atoms with Crippen molar-refractivity contribution in [3.63, 3.8) is 0 Å². The van der Waals surface area contributed by atoms with E-state index in [1.165, 1.54) is 6.20 Å². The van der Waals surface area contributed by atoms with Crippen molar-refractivity contribution < 1.29 is 27.9 Å². The summed E-state index contributed by atoms with van der Waals surface area (Å²) in [4.78, 5) is 22.2. The van der Waals surface area contributed by atoms with Crippen LogP contribution in [-0.2, 0) is 11.3 Å². The van der Waals surface area contributed by atoms with Gasteiger partial charge in [0.1, 0.15) is 6.54 Å². The molecule has 0 aliphatic heterocycles. The number of benzene rings is 1. The van der Waals surface area contributed by atoms with E-state index in [9.17, 15) is 22.8 Å². The van der Waals surface area contributed by atoms with Crippen molar-refractivity contribution in [2.24, 2.45) is 0 Å². The molecule has 0 unspecified atom stereocenters. The first-order chi connectivity index (χ1) is 9.86. The van der Waals surface area contributed by atoms with E-state index in [1.54, 1.807) is 0 Å². The molecule has 0 bridgehead atoms. The number of hydrogen-bond acceptors (Lipinski definition) is 3. The number of nitrogens with zero attached hydrogens (tertiary/aromatic N) is 2. The van der Waals surface area contributed by atoms with Crippen molar-refractivity contribution in [2.45, 2.75) is 6.54 Å². The molecule has 0 saturated heterocycles. The molecule has 0 aliphatic rings. The van der Waals surface area contributed by atoms with Crippen LogP contribution < -0.4 is 5.32 Å². The van der Waals surface area contributed by atoms with E-state index < -0.39 is 41.4 Å². The normalized spacial score (nSPS) is 10.4. The number of aliphatic carboxylic acids is 1. The summed E-state index contributed by atoms with van der Waals surface area (Å²) >= 11 is 0. The summed E-state index contributed by atoms with van der Waals surface area (Å²) in [5.41, 5.74) is -0.288. The minimum atomic E-state index is -1.67. The number of anilines is 1. The van der Waals surface area contributed by atoms with Crippen molar-refractivity contribution in [3.05, 3.63) is 47.5 Å². The fraction of sp³-hybridized carbons (Fsp3) is 0.0833. The number of rotatable bonds is 4. The Morgan fingerprint density at radius 1 is 1.24 bits per heavy atom. The summed E-state index contributed by atoms with van der Waals surface area (Å²) in [5.74, 6) is -6.65. The van der Waals surface area contributed by atoms with Gasteiger partial charge in [0.05, 0.1) is 11.9 Å². The lowest BCUT2D eigenvalue weighted by atomic mass is 10.2. The van der Waals surface area contributed by atoms with E-state index in [0.717, 1.165) is 10.9 Å². The van der Waals surface area contributed by atoms with Gasteiger partial charge in [-0.2, -0.15) is 5.10 Å². The zero-order valence-electron chi connectivity index (χ0n) is 10.3. The van der Waals surface area contributed by atoms with Crippen LogP contribution in [0.2, 0.25) is 0 Å². The second-order valence-electron chi connectivity index (χ2n) is 4.03. The second kappa shape index (κ2) is 5.65. The summed E-state index contributed by atoms with van der Waals surface area (Å²) in [6, 6.07) is 1.10. The van der Waals surface area contributed by atoms with E-state index in [0.29, 0.717) is 12.1 Å². The van der Waals surface area contributed by atoms with Crippen LogP contribution in [0.3, 0.4) is 0 Å². The Hall–Kier alpha value is -2.84. The number of hydrogen-bond donors (Lipinski definition) is 2. The van der Waals surface area contributed by atoms with Crippen LogP contribution in [0.15, 0.2) is 24.5 Å². The fourth-order valence-electron chi connectivity index (χ4n) is 1.54. The van der Waals surface area contributed by atoms with Gasteiger partial charge in [-0.1, -0.05) is 0 Å². The lowest BCUT2D eigenvalue weighted by Gasteiger charge is -2.03. The molecule has 0 spiro atoms. The van der Waals surface area contributed by atoms with Gasteiger partial charge >= 0.3 is 5.97 Å². The highest BCUT2D eigenvalue weighted by molar-refractivity contribution is 6.04. The highest BCUT2D eigenvalue weighted by Crippen LogP contribution is 2.15. The molecule has 6 nitrogen and oxygen atoms in total. The first-order valence-electron chi connectivity index (χ1n) is 5.57. The van der Waals surface area contributed by atoms with Crippen LogP contribution in [0.4, 0.5) is 18.9 Å². The summed E-state index contributed by atoms with van der Waals surface area (Å²) in [7, 11) is 0. The molecule has 2 N–H and O–H groups in total. The maximum atomic E-state index is 13.0. The first kappa shape index (κ1) is 14.6. The summed E-state index contributed by atoms with van der Waals surface area (Å²) < 4.78 is 39.8. The SMILES string of the molecule is O=C(O)Cn1cc(NC(=O)c2cc(F)c(F)c(F)c2)cn1. The van der Waals surface area contributed by atoms with Gasteiger partial charge in [-0.05, 0) is 12.1 Å². The Labute approximate surface area is 115 Å². The number of carbonyl (C=O) groups excluding carboxylic acids is 1. The van der Waals surface area contributed by atoms with Gasteiger partial charge in [-0.15, -0.1) is 0 Å². The van der Waals surface area contributed by atoms with E-state index in [2.05, 4.69) is 10.4 Å². The van der Waals surface area contributed by atoms with Crippen molar-refractivity contribution >= 4 is 17.6 Å². The number of carboxylic acid groups (broad SMARTS) is 1. The predicted molar refractivity (Wildman–Crippen MR) is 64.1 cm³/mol. The van der Waals surface area contributed by atoms with E-state index in [-0.39, 0.29) is 5.69 Å². The van der Waals surface area contributed by atoms with Crippen LogP contribution in [0.25, 0.3) is 0 Å². The molecular weight excluding hydrogens is 291 g/mol. The summed E-state index contributed by atoms with van der Waals surface area (Å²) in [6.07, 6.45) is 2.39. The van der Waals surface area contributed by atoms with Crippen molar-refractivity contribution in [1.82, 2.24) is 9.78 Å². The van der Waals surface area contributed by atoms with Crippen LogP contribution >= 0.6 is 0 Å². The largest absolute Gasteiger partial charge is 0.480 e. The van der Waals surface area contributed by atoms with Crippen molar-refractivity contribution in [2.75, 3.05) is 5.32 Å². The Morgan fingerprint density at radius 2 is 1.86 bits per heavy atom. The van der Waals surface area contributed by atoms with E-state index in [4.69, 9.17) is 5.11 Å². The molecule has 0 saturated carbocycles. The molecule has 0 atom stereocenters. The van der Waals surface area contributed by atoms with Crippen LogP contribution in [0.1, 0.15) is 10.4 Å². The number of carboxylic acids is 1. The molecule has 1 aromatic carbocycles. The topological polar surface area (TPSA) is 84.2 Å². The third kappa shape index (κ3) is 3.38. The van der Waals surface area contributed by atoms with Crippen LogP contribution in [0.5, 0.6) is 0 Å². The molecule has 21 heavy (non-hydrogen) atoms. The van der Waals surface area contributed by atoms with Crippen LogP contribution in [0, 0.1) is 17.5 Å². The van der Waals surface area contributed by atoms with Gasteiger partial charge in [0, 0.05) is 11.8 Å². The van der Waals surface area contributed by atoms with Gasteiger partial charge in [-0.3, -0.25) is 14.3 Å². The minimum absolute atomic E-state index is 0.131. The maximum absolute atomic E-state index is 13.0. The quantitative estimate of drug-likeness (QED) is 0.841. The molecule has 9 heteroatoms. The zero-order chi connectivity index (χ0) is 15.6. The molecule has 1 amide bonds. The van der Waals surface area contributed by atoms with Crippen LogP contribution in [-0.4, -0.2) is 26.8 Å². The Morgan fingerprint density at radius 3 is 2.43 bits per heavy atom. The van der Waals surface area contributed by atoms with Crippen molar-refractivity contribution in [3.8, 4) is 0 Å².